The van der Waals surface area contributed by atoms with E-state index in [0.29, 0.717) is 17.9 Å². The third-order valence-electron chi connectivity index (χ3n) is 3.42. The molecule has 1 N–H and O–H groups in total. The van der Waals surface area contributed by atoms with Gasteiger partial charge in [-0.2, -0.15) is 4.31 Å². The normalized spacial score (nSPS) is 14.3. The number of benzene rings is 1. The molecule has 0 aliphatic carbocycles. The number of nitrogens with one attached hydrogen (secondary N) is 1. The topological polar surface area (TPSA) is 102 Å². The van der Waals surface area contributed by atoms with Crippen LogP contribution in [0.3, 0.4) is 0 Å². The van der Waals surface area contributed by atoms with Crippen LogP contribution in [-0.4, -0.2) is 53.0 Å². The summed E-state index contributed by atoms with van der Waals surface area (Å²) in [6, 6.07) is 5.21. The summed E-state index contributed by atoms with van der Waals surface area (Å²) in [5, 5.41) is 0. The molecule has 8 nitrogen and oxygen atoms in total. The number of nitrogens with zero attached hydrogens (tertiary/aromatic N) is 1. The van der Waals surface area contributed by atoms with Gasteiger partial charge in [-0.15, -0.1) is 0 Å². The predicted octanol–water partition coefficient (Wildman–Crippen LogP) is 0.506. The second kappa shape index (κ2) is 7.68. The Bertz CT molecular complexity index is 776. The molecule has 0 atom stereocenters. The molecule has 0 saturated heterocycles. The first-order chi connectivity index (χ1) is 11.2. The fraction of sp³-hybridized carbons (Fsp3) is 0.571. The molecule has 0 unspecified atom stereocenters. The molecule has 24 heavy (non-hydrogen) atoms. The third kappa shape index (κ3) is 5.33. The first kappa shape index (κ1) is 19.0. The van der Waals surface area contributed by atoms with Gasteiger partial charge >= 0.3 is 0 Å². The molecule has 10 heteroatoms. The molecule has 1 aliphatic rings. The highest BCUT2D eigenvalue weighted by molar-refractivity contribution is 7.89. The Hall–Kier alpha value is -1.36. The molecular weight excluding hydrogens is 356 g/mol. The molecule has 0 saturated carbocycles. The van der Waals surface area contributed by atoms with Gasteiger partial charge in [-0.05, 0) is 24.1 Å². The van der Waals surface area contributed by atoms with Crippen molar-refractivity contribution in [2.24, 2.45) is 0 Å². The van der Waals surface area contributed by atoms with Crippen molar-refractivity contribution in [2.45, 2.75) is 19.9 Å². The largest absolute Gasteiger partial charge is 0.454 e. The third-order valence-corrected chi connectivity index (χ3v) is 6.26. The molecule has 0 fully saturated rings. The van der Waals surface area contributed by atoms with E-state index in [4.69, 9.17) is 9.47 Å². The molecule has 1 heterocycles. The Morgan fingerprint density at radius 3 is 2.54 bits per heavy atom. The lowest BCUT2D eigenvalue weighted by Crippen LogP contribution is -2.38. The Morgan fingerprint density at radius 2 is 1.88 bits per heavy atom. The van der Waals surface area contributed by atoms with Gasteiger partial charge in [0.05, 0.1) is 12.0 Å². The van der Waals surface area contributed by atoms with Crippen molar-refractivity contribution in [3.8, 4) is 11.5 Å². The van der Waals surface area contributed by atoms with Gasteiger partial charge in [-0.1, -0.05) is 13.0 Å². The molecule has 1 aliphatic heterocycles. The van der Waals surface area contributed by atoms with Crippen molar-refractivity contribution in [3.63, 3.8) is 0 Å². The van der Waals surface area contributed by atoms with Crippen LogP contribution in [-0.2, 0) is 26.6 Å². The smallest absolute Gasteiger partial charge is 0.231 e. The molecule has 0 radical (unpaired) electrons. The fourth-order valence-electron chi connectivity index (χ4n) is 2.27. The summed E-state index contributed by atoms with van der Waals surface area (Å²) in [6.45, 7) is 2.12. The maximum absolute atomic E-state index is 11.9. The zero-order valence-electron chi connectivity index (χ0n) is 13.7. The van der Waals surface area contributed by atoms with Gasteiger partial charge in [0.25, 0.3) is 0 Å². The van der Waals surface area contributed by atoms with Crippen molar-refractivity contribution >= 4 is 20.0 Å². The van der Waals surface area contributed by atoms with Crippen LogP contribution in [0.1, 0.15) is 18.9 Å². The lowest BCUT2D eigenvalue weighted by molar-refractivity contribution is 0.174. The van der Waals surface area contributed by atoms with Crippen LogP contribution in [0.15, 0.2) is 18.2 Å². The lowest BCUT2D eigenvalue weighted by atomic mass is 10.2. The Labute approximate surface area is 142 Å². The Kier molecular flexibility index (Phi) is 6.07. The van der Waals surface area contributed by atoms with Crippen molar-refractivity contribution in [1.29, 1.82) is 0 Å². The molecular formula is C14H22N2O6S2. The number of hydrogen-bond donors (Lipinski definition) is 1. The highest BCUT2D eigenvalue weighted by Gasteiger charge is 2.20. The lowest BCUT2D eigenvalue weighted by Gasteiger charge is -2.20. The van der Waals surface area contributed by atoms with Gasteiger partial charge in [-0.3, -0.25) is 0 Å². The fourth-order valence-corrected chi connectivity index (χ4v) is 4.16. The molecule has 0 amide bonds. The van der Waals surface area contributed by atoms with Crippen LogP contribution in [0.2, 0.25) is 0 Å². The van der Waals surface area contributed by atoms with E-state index in [1.54, 1.807) is 25.1 Å². The monoisotopic (exact) mass is 378 g/mol. The van der Waals surface area contributed by atoms with E-state index in [1.807, 2.05) is 0 Å². The SMILES string of the molecule is CCCS(=O)(=O)NCCN(Cc1ccc2c(c1)OCO2)S(C)(=O)=O. The summed E-state index contributed by atoms with van der Waals surface area (Å²) in [5.74, 6) is 1.22. The number of ether oxygens (including phenoxy) is 2. The highest BCUT2D eigenvalue weighted by Crippen LogP contribution is 2.32. The summed E-state index contributed by atoms with van der Waals surface area (Å²) in [4.78, 5) is 0. The van der Waals surface area contributed by atoms with Gasteiger partial charge in [0.15, 0.2) is 11.5 Å². The minimum absolute atomic E-state index is 0.0219. The molecule has 0 bridgehead atoms. The zero-order chi connectivity index (χ0) is 17.8. The molecule has 136 valence electrons. The van der Waals surface area contributed by atoms with E-state index in [0.717, 1.165) is 11.8 Å². The van der Waals surface area contributed by atoms with Crippen molar-refractivity contribution in [1.82, 2.24) is 9.03 Å². The van der Waals surface area contributed by atoms with Crippen LogP contribution >= 0.6 is 0 Å². The predicted molar refractivity (Wildman–Crippen MR) is 89.9 cm³/mol. The zero-order valence-corrected chi connectivity index (χ0v) is 15.3. The van der Waals surface area contributed by atoms with Crippen LogP contribution in [0.25, 0.3) is 0 Å². The number of hydrogen-bond acceptors (Lipinski definition) is 6. The minimum atomic E-state index is -3.48. The molecule has 0 spiro atoms. The Balaban J connectivity index is 2.02. The van der Waals surface area contributed by atoms with Crippen LogP contribution < -0.4 is 14.2 Å². The first-order valence-electron chi connectivity index (χ1n) is 7.52. The average Bonchev–Trinajstić information content (AvgIpc) is 2.92. The summed E-state index contributed by atoms with van der Waals surface area (Å²) < 4.78 is 61.3. The standard InChI is InChI=1S/C14H22N2O6S2/c1-3-8-24(19,20)15-6-7-16(23(2,17)18)10-12-4-5-13-14(9-12)22-11-21-13/h4-5,9,15H,3,6-8,10-11H2,1-2H3. The van der Waals surface area contributed by atoms with E-state index in [2.05, 4.69) is 4.72 Å². The quantitative estimate of drug-likeness (QED) is 0.672. The van der Waals surface area contributed by atoms with Gasteiger partial charge in [0.2, 0.25) is 26.8 Å². The van der Waals surface area contributed by atoms with E-state index in [-0.39, 0.29) is 32.2 Å². The van der Waals surface area contributed by atoms with Crippen molar-refractivity contribution in [2.75, 3.05) is 31.9 Å². The molecule has 1 aromatic carbocycles. The second-order valence-corrected chi connectivity index (χ2v) is 9.41. The summed E-state index contributed by atoms with van der Waals surface area (Å²) in [6.07, 6.45) is 1.60. The minimum Gasteiger partial charge on any atom is -0.454 e. The van der Waals surface area contributed by atoms with Gasteiger partial charge in [-0.25, -0.2) is 21.6 Å². The number of rotatable bonds is 9. The maximum atomic E-state index is 11.9. The summed E-state index contributed by atoms with van der Waals surface area (Å²) >= 11 is 0. The van der Waals surface area contributed by atoms with E-state index in [9.17, 15) is 16.8 Å². The second-order valence-electron chi connectivity index (χ2n) is 5.50. The summed E-state index contributed by atoms with van der Waals surface area (Å²) in [7, 11) is -6.84. The van der Waals surface area contributed by atoms with Gasteiger partial charge in [0.1, 0.15) is 0 Å². The molecule has 1 aromatic rings. The molecule has 2 rings (SSSR count). The van der Waals surface area contributed by atoms with Gasteiger partial charge < -0.3 is 9.47 Å². The highest BCUT2D eigenvalue weighted by atomic mass is 32.2. The van der Waals surface area contributed by atoms with Crippen LogP contribution in [0, 0.1) is 0 Å². The van der Waals surface area contributed by atoms with Crippen LogP contribution in [0.4, 0.5) is 0 Å². The van der Waals surface area contributed by atoms with Crippen molar-refractivity contribution < 1.29 is 26.3 Å². The molecule has 0 aromatic heterocycles. The number of fused-ring (bicyclic) bond motifs is 1. The Morgan fingerprint density at radius 1 is 1.17 bits per heavy atom. The van der Waals surface area contributed by atoms with E-state index >= 15 is 0 Å². The van der Waals surface area contributed by atoms with E-state index < -0.39 is 20.0 Å². The van der Waals surface area contributed by atoms with Crippen molar-refractivity contribution in [3.05, 3.63) is 23.8 Å². The number of sulfonamides is 2. The van der Waals surface area contributed by atoms with Crippen LogP contribution in [0.5, 0.6) is 11.5 Å². The first-order valence-corrected chi connectivity index (χ1v) is 11.0. The maximum Gasteiger partial charge on any atom is 0.231 e. The summed E-state index contributed by atoms with van der Waals surface area (Å²) in [5.41, 5.74) is 0.737. The van der Waals surface area contributed by atoms with Gasteiger partial charge in [0, 0.05) is 19.6 Å². The van der Waals surface area contributed by atoms with E-state index in [1.165, 1.54) is 4.31 Å². The average molecular weight is 378 g/mol.